The molecule has 0 aliphatic heterocycles. The summed E-state index contributed by atoms with van der Waals surface area (Å²) in [6.45, 7) is 4.76. The van der Waals surface area contributed by atoms with Crippen LogP contribution >= 0.6 is 0 Å². The summed E-state index contributed by atoms with van der Waals surface area (Å²) in [6.07, 6.45) is 39.6. The average Bonchev–Trinajstić information content (AvgIpc) is 3.10. The number of rotatable bonds is 33. The monoisotopic (exact) mass is 756 g/mol. The smallest absolute Gasteiger partial charge is 0.744 e. The first-order valence-electron chi connectivity index (χ1n) is 20.0. The molecule has 0 bridgehead atoms. The molecule has 7 nitrogen and oxygen atoms in total. The molecule has 1 aromatic carbocycles. The molecule has 286 valence electrons. The minimum Gasteiger partial charge on any atom is -0.744 e. The van der Waals surface area contributed by atoms with Crippen LogP contribution in [0.15, 0.2) is 47.4 Å². The molecule has 51 heavy (non-hydrogen) atoms. The van der Waals surface area contributed by atoms with E-state index in [1.807, 2.05) is 0 Å². The zero-order valence-electron chi connectivity index (χ0n) is 32.6. The topological polar surface area (TPSA) is 110 Å². The number of hydrogen-bond donors (Lipinski definition) is 0. The Kier molecular flexibility index (Phi) is 34.4. The number of carbonyl (C=O) groups is 2. The summed E-state index contributed by atoms with van der Waals surface area (Å²) in [5.74, 6) is -1.61. The minimum absolute atomic E-state index is 0. The predicted molar refractivity (Wildman–Crippen MR) is 205 cm³/mol. The van der Waals surface area contributed by atoms with Crippen LogP contribution in [-0.2, 0) is 19.6 Å². The molecule has 0 saturated heterocycles. The van der Waals surface area contributed by atoms with Crippen LogP contribution in [0.1, 0.15) is 202 Å². The molecule has 0 saturated carbocycles. The standard InChI is InChI=1S/C42H70O7S.K/c1-3-5-7-9-11-13-15-17-19-21-23-25-27-29-31-35-48-41(43)39-34-33-38(50(45,46)47)37-40(39)42(44)49-36-32-30-28-26-24-22-20-18-16-14-12-10-8-6-4-2;/h25-28,33-34,37H,3-24,29-32,35-36H2,1-2H3,(H,45,46,47);/q;+1/p-1/b27-25+,28-26+;. The molecule has 1 aromatic rings. The molecule has 0 aliphatic rings. The van der Waals surface area contributed by atoms with Crippen LogP contribution in [0.2, 0.25) is 0 Å². The van der Waals surface area contributed by atoms with E-state index in [1.54, 1.807) is 0 Å². The third-order valence-electron chi connectivity index (χ3n) is 9.00. The minimum atomic E-state index is -4.82. The molecule has 0 radical (unpaired) electrons. The van der Waals surface area contributed by atoms with Crippen molar-refractivity contribution in [3.8, 4) is 0 Å². The normalized spacial score (nSPS) is 11.7. The summed E-state index contributed by atoms with van der Waals surface area (Å²) in [5.41, 5.74) is -0.393. The summed E-state index contributed by atoms with van der Waals surface area (Å²) in [5, 5.41) is 0. The van der Waals surface area contributed by atoms with E-state index in [1.165, 1.54) is 128 Å². The maximum atomic E-state index is 12.9. The van der Waals surface area contributed by atoms with Crippen molar-refractivity contribution in [3.63, 3.8) is 0 Å². The van der Waals surface area contributed by atoms with E-state index in [0.717, 1.165) is 43.9 Å². The van der Waals surface area contributed by atoms with Crippen molar-refractivity contribution in [2.75, 3.05) is 13.2 Å². The predicted octanol–water partition coefficient (Wildman–Crippen LogP) is 9.20. The number of unbranched alkanes of at least 4 members (excludes halogenated alkanes) is 22. The van der Waals surface area contributed by atoms with Gasteiger partial charge in [0, 0.05) is 0 Å². The zero-order valence-corrected chi connectivity index (χ0v) is 36.5. The zero-order chi connectivity index (χ0) is 36.5. The van der Waals surface area contributed by atoms with E-state index in [0.29, 0.717) is 12.8 Å². The molecule has 0 heterocycles. The Balaban J connectivity index is 0.0000250. The van der Waals surface area contributed by atoms with Crippen LogP contribution in [0.3, 0.4) is 0 Å². The number of hydrogen-bond acceptors (Lipinski definition) is 7. The number of esters is 2. The number of benzene rings is 1. The first-order chi connectivity index (χ1) is 24.3. The van der Waals surface area contributed by atoms with Gasteiger partial charge in [-0.2, -0.15) is 0 Å². The van der Waals surface area contributed by atoms with Gasteiger partial charge >= 0.3 is 63.3 Å². The Morgan fingerprint density at radius 3 is 1.24 bits per heavy atom. The van der Waals surface area contributed by atoms with Crippen LogP contribution < -0.4 is 51.4 Å². The number of carbonyl (C=O) groups excluding carboxylic acids is 2. The van der Waals surface area contributed by atoms with Crippen LogP contribution in [0.4, 0.5) is 0 Å². The van der Waals surface area contributed by atoms with Crippen molar-refractivity contribution in [2.45, 2.75) is 186 Å². The van der Waals surface area contributed by atoms with E-state index < -0.39 is 27.0 Å². The molecule has 0 fully saturated rings. The molecule has 0 spiro atoms. The van der Waals surface area contributed by atoms with E-state index >= 15 is 0 Å². The van der Waals surface area contributed by atoms with Gasteiger partial charge in [0.2, 0.25) is 0 Å². The summed E-state index contributed by atoms with van der Waals surface area (Å²) < 4.78 is 45.5. The summed E-state index contributed by atoms with van der Waals surface area (Å²) >= 11 is 0. The fraction of sp³-hybridized carbons (Fsp3) is 0.714. The van der Waals surface area contributed by atoms with Crippen LogP contribution in [0, 0.1) is 0 Å². The Labute approximate surface area is 354 Å². The quantitative estimate of drug-likeness (QED) is 0.0231. The van der Waals surface area contributed by atoms with Gasteiger partial charge in [-0.1, -0.05) is 154 Å². The first kappa shape index (κ1) is 50.2. The van der Waals surface area contributed by atoms with Crippen LogP contribution in [0.5, 0.6) is 0 Å². The molecule has 0 atom stereocenters. The molecule has 1 rings (SSSR count). The Morgan fingerprint density at radius 2 is 0.863 bits per heavy atom. The summed E-state index contributed by atoms with van der Waals surface area (Å²) in [6, 6.07) is 3.07. The van der Waals surface area contributed by atoms with Crippen molar-refractivity contribution in [2.24, 2.45) is 0 Å². The van der Waals surface area contributed by atoms with Gasteiger partial charge in [-0.3, -0.25) is 0 Å². The molecule has 0 aliphatic carbocycles. The average molecular weight is 757 g/mol. The second kappa shape index (κ2) is 34.9. The Morgan fingerprint density at radius 1 is 0.529 bits per heavy atom. The maximum Gasteiger partial charge on any atom is 1.00 e. The summed E-state index contributed by atoms with van der Waals surface area (Å²) in [7, 11) is -4.82. The second-order valence-electron chi connectivity index (χ2n) is 13.6. The molecular formula is C42H69KO7S. The van der Waals surface area contributed by atoms with E-state index in [4.69, 9.17) is 9.47 Å². The van der Waals surface area contributed by atoms with Gasteiger partial charge in [-0.05, 0) is 69.6 Å². The van der Waals surface area contributed by atoms with Crippen LogP contribution in [0.25, 0.3) is 0 Å². The molecular weight excluding hydrogens is 688 g/mol. The molecule has 0 unspecified atom stereocenters. The van der Waals surface area contributed by atoms with Crippen molar-refractivity contribution < 1.29 is 83.4 Å². The Bertz CT molecular complexity index is 1180. The van der Waals surface area contributed by atoms with Crippen molar-refractivity contribution in [3.05, 3.63) is 53.6 Å². The molecule has 0 N–H and O–H groups in total. The van der Waals surface area contributed by atoms with E-state index in [2.05, 4.69) is 38.2 Å². The van der Waals surface area contributed by atoms with Gasteiger partial charge < -0.3 is 14.0 Å². The molecule has 0 aromatic heterocycles. The second-order valence-corrected chi connectivity index (χ2v) is 15.0. The van der Waals surface area contributed by atoms with Gasteiger partial charge in [0.1, 0.15) is 10.1 Å². The van der Waals surface area contributed by atoms with Gasteiger partial charge in [0.05, 0.1) is 29.2 Å². The maximum absolute atomic E-state index is 12.9. The van der Waals surface area contributed by atoms with Crippen molar-refractivity contribution in [1.82, 2.24) is 0 Å². The number of ether oxygens (including phenoxy) is 2. The first-order valence-corrected chi connectivity index (χ1v) is 21.5. The molecule has 0 amide bonds. The van der Waals surface area contributed by atoms with Gasteiger partial charge in [-0.25, -0.2) is 18.0 Å². The number of allylic oxidation sites excluding steroid dienone is 4. The summed E-state index contributed by atoms with van der Waals surface area (Å²) in [4.78, 5) is 25.1. The largest absolute Gasteiger partial charge is 1.00 e. The molecule has 9 heteroatoms. The van der Waals surface area contributed by atoms with E-state index in [9.17, 15) is 22.6 Å². The fourth-order valence-electron chi connectivity index (χ4n) is 5.88. The van der Waals surface area contributed by atoms with Gasteiger partial charge in [0.25, 0.3) is 0 Å². The van der Waals surface area contributed by atoms with Crippen molar-refractivity contribution >= 4 is 22.1 Å². The van der Waals surface area contributed by atoms with Crippen LogP contribution in [-0.4, -0.2) is 38.1 Å². The third-order valence-corrected chi connectivity index (χ3v) is 9.83. The van der Waals surface area contributed by atoms with Crippen molar-refractivity contribution in [1.29, 1.82) is 0 Å². The van der Waals surface area contributed by atoms with Gasteiger partial charge in [-0.15, -0.1) is 0 Å². The van der Waals surface area contributed by atoms with E-state index in [-0.39, 0.29) is 75.7 Å². The fourth-order valence-corrected chi connectivity index (χ4v) is 6.38. The SMILES string of the molecule is CCCCCCCCCCCC/C=C/CCCOC(=O)c1ccc(S(=O)(=O)[O-])cc1C(=O)OCCC/C=C/CCCCCCCCCCCC.[K+]. The third kappa shape index (κ3) is 28.3. The Hall–Kier alpha value is -0.814. The van der Waals surface area contributed by atoms with Gasteiger partial charge in [0.15, 0.2) is 0 Å².